The summed E-state index contributed by atoms with van der Waals surface area (Å²) in [7, 11) is 0. The molecule has 4 nitrogen and oxygen atoms in total. The number of anilines is 2. The Morgan fingerprint density at radius 3 is 2.43 bits per heavy atom. The predicted molar refractivity (Wildman–Crippen MR) is 84.5 cm³/mol. The predicted octanol–water partition coefficient (Wildman–Crippen LogP) is 3.86. The second-order valence-corrected chi connectivity index (χ2v) is 5.08. The maximum Gasteiger partial charge on any atom is 0.339 e. The minimum absolute atomic E-state index is 0.269. The Kier molecular flexibility index (Phi) is 4.26. The fraction of sp³-hybridized carbons (Fsp3) is 0.294. The number of aryl methyl sites for hydroxylation is 3. The summed E-state index contributed by atoms with van der Waals surface area (Å²) in [6.07, 6.45) is 0. The molecule has 1 N–H and O–H groups in total. The van der Waals surface area contributed by atoms with Crippen molar-refractivity contribution in [1.29, 1.82) is 0 Å². The van der Waals surface area contributed by atoms with Crippen LogP contribution in [0.2, 0.25) is 0 Å². The summed E-state index contributed by atoms with van der Waals surface area (Å²) in [6.45, 7) is 8.36. The third-order valence-electron chi connectivity index (χ3n) is 3.53. The molecule has 4 heteroatoms. The summed E-state index contributed by atoms with van der Waals surface area (Å²) in [5.74, 6) is -0.943. The minimum Gasteiger partial charge on any atom is -0.478 e. The van der Waals surface area contributed by atoms with E-state index in [4.69, 9.17) is 0 Å². The van der Waals surface area contributed by atoms with Crippen LogP contribution >= 0.6 is 0 Å². The van der Waals surface area contributed by atoms with Crippen LogP contribution in [0.4, 0.5) is 11.4 Å². The highest BCUT2D eigenvalue weighted by Crippen LogP contribution is 2.32. The van der Waals surface area contributed by atoms with Gasteiger partial charge in [-0.3, -0.25) is 4.98 Å². The normalized spacial score (nSPS) is 10.5. The maximum absolute atomic E-state index is 11.6. The van der Waals surface area contributed by atoms with Crippen LogP contribution in [0.25, 0.3) is 0 Å². The molecule has 1 aromatic heterocycles. The van der Waals surface area contributed by atoms with Crippen molar-refractivity contribution in [2.45, 2.75) is 27.7 Å². The summed E-state index contributed by atoms with van der Waals surface area (Å²) in [5.41, 5.74) is 4.47. The Bertz CT molecular complexity index is 680. The van der Waals surface area contributed by atoms with E-state index in [-0.39, 0.29) is 5.56 Å². The molecule has 0 unspecified atom stereocenters. The van der Waals surface area contributed by atoms with E-state index in [1.807, 2.05) is 56.0 Å². The molecule has 2 aromatic rings. The molecule has 0 amide bonds. The van der Waals surface area contributed by atoms with Crippen LogP contribution in [0, 0.1) is 20.8 Å². The zero-order valence-electron chi connectivity index (χ0n) is 12.8. The van der Waals surface area contributed by atoms with Crippen molar-refractivity contribution in [1.82, 2.24) is 4.98 Å². The van der Waals surface area contributed by atoms with Gasteiger partial charge in [0.25, 0.3) is 0 Å². The Morgan fingerprint density at radius 1 is 1.19 bits per heavy atom. The van der Waals surface area contributed by atoms with E-state index in [1.165, 1.54) is 0 Å². The van der Waals surface area contributed by atoms with Gasteiger partial charge in [0.15, 0.2) is 0 Å². The molecule has 0 fully saturated rings. The summed E-state index contributed by atoms with van der Waals surface area (Å²) < 4.78 is 0. The Hall–Kier alpha value is -2.36. The lowest BCUT2D eigenvalue weighted by Crippen LogP contribution is -2.21. The second-order valence-electron chi connectivity index (χ2n) is 5.08. The van der Waals surface area contributed by atoms with Crippen LogP contribution in [-0.2, 0) is 0 Å². The highest BCUT2D eigenvalue weighted by atomic mass is 16.4. The number of rotatable bonds is 4. The number of carboxylic acid groups (broad SMARTS) is 1. The molecule has 0 spiro atoms. The number of pyridine rings is 1. The Labute approximate surface area is 125 Å². The largest absolute Gasteiger partial charge is 0.478 e. The molecular formula is C17H20N2O2. The lowest BCUT2D eigenvalue weighted by molar-refractivity contribution is 0.0696. The fourth-order valence-electron chi connectivity index (χ4n) is 2.62. The number of nitrogens with zero attached hydrogens (tertiary/aromatic N) is 2. The van der Waals surface area contributed by atoms with Crippen LogP contribution in [0.3, 0.4) is 0 Å². The van der Waals surface area contributed by atoms with Crippen molar-refractivity contribution in [2.24, 2.45) is 0 Å². The van der Waals surface area contributed by atoms with Gasteiger partial charge in [-0.25, -0.2) is 4.79 Å². The number of benzene rings is 1. The Morgan fingerprint density at radius 2 is 1.86 bits per heavy atom. The zero-order chi connectivity index (χ0) is 15.6. The summed E-state index contributed by atoms with van der Waals surface area (Å²) in [5, 5.41) is 9.53. The molecule has 1 heterocycles. The minimum atomic E-state index is -0.943. The van der Waals surface area contributed by atoms with Gasteiger partial charge in [-0.2, -0.15) is 0 Å². The number of para-hydroxylation sites is 1. The highest BCUT2D eigenvalue weighted by molar-refractivity contribution is 5.97. The van der Waals surface area contributed by atoms with Gasteiger partial charge >= 0.3 is 5.97 Å². The summed E-state index contributed by atoms with van der Waals surface area (Å²) in [4.78, 5) is 17.9. The second kappa shape index (κ2) is 5.95. The van der Waals surface area contributed by atoms with Gasteiger partial charge in [0.05, 0.1) is 11.4 Å². The SMILES string of the molecule is CCN(c1ccccc1C)c1cc(C)nc(C)c1C(=O)O. The van der Waals surface area contributed by atoms with E-state index < -0.39 is 5.97 Å². The molecule has 2 rings (SSSR count). The topological polar surface area (TPSA) is 53.4 Å². The first kappa shape index (κ1) is 15.0. The van der Waals surface area contributed by atoms with Gasteiger partial charge in [0.1, 0.15) is 5.56 Å². The molecule has 0 radical (unpaired) electrons. The molecule has 110 valence electrons. The van der Waals surface area contributed by atoms with Crippen molar-refractivity contribution >= 4 is 17.3 Å². The van der Waals surface area contributed by atoms with Crippen LogP contribution in [0.5, 0.6) is 0 Å². The average molecular weight is 284 g/mol. The van der Waals surface area contributed by atoms with E-state index in [0.717, 1.165) is 16.9 Å². The molecule has 0 aliphatic carbocycles. The van der Waals surface area contributed by atoms with Gasteiger partial charge in [-0.05, 0) is 45.4 Å². The van der Waals surface area contributed by atoms with Gasteiger partial charge in [-0.15, -0.1) is 0 Å². The lowest BCUT2D eigenvalue weighted by atomic mass is 10.1. The highest BCUT2D eigenvalue weighted by Gasteiger charge is 2.21. The first-order valence-electron chi connectivity index (χ1n) is 7.00. The Balaban J connectivity index is 2.68. The van der Waals surface area contributed by atoms with Crippen molar-refractivity contribution in [3.05, 3.63) is 52.8 Å². The van der Waals surface area contributed by atoms with Gasteiger partial charge < -0.3 is 10.0 Å². The van der Waals surface area contributed by atoms with E-state index >= 15 is 0 Å². The average Bonchev–Trinajstić information content (AvgIpc) is 2.40. The number of aromatic carboxylic acids is 1. The van der Waals surface area contributed by atoms with E-state index in [0.29, 0.717) is 17.9 Å². The molecule has 21 heavy (non-hydrogen) atoms. The van der Waals surface area contributed by atoms with Crippen LogP contribution in [0.15, 0.2) is 30.3 Å². The van der Waals surface area contributed by atoms with Crippen molar-refractivity contribution in [3.63, 3.8) is 0 Å². The third-order valence-corrected chi connectivity index (χ3v) is 3.53. The molecule has 0 atom stereocenters. The summed E-state index contributed by atoms with van der Waals surface area (Å²) >= 11 is 0. The first-order valence-corrected chi connectivity index (χ1v) is 7.00. The van der Waals surface area contributed by atoms with Crippen molar-refractivity contribution in [2.75, 3.05) is 11.4 Å². The van der Waals surface area contributed by atoms with Crippen molar-refractivity contribution < 1.29 is 9.90 Å². The molecule has 0 saturated carbocycles. The summed E-state index contributed by atoms with van der Waals surface area (Å²) in [6, 6.07) is 9.82. The monoisotopic (exact) mass is 284 g/mol. The number of hydrogen-bond acceptors (Lipinski definition) is 3. The zero-order valence-corrected chi connectivity index (χ0v) is 12.8. The molecule has 0 saturated heterocycles. The molecule has 1 aromatic carbocycles. The van der Waals surface area contributed by atoms with E-state index in [9.17, 15) is 9.90 Å². The van der Waals surface area contributed by atoms with Crippen LogP contribution < -0.4 is 4.90 Å². The van der Waals surface area contributed by atoms with Crippen molar-refractivity contribution in [3.8, 4) is 0 Å². The smallest absolute Gasteiger partial charge is 0.339 e. The molecule has 0 aliphatic rings. The van der Waals surface area contributed by atoms with E-state index in [1.54, 1.807) is 6.92 Å². The molecular weight excluding hydrogens is 264 g/mol. The standard InChI is InChI=1S/C17H20N2O2/c1-5-19(14-9-7-6-8-11(14)2)15-10-12(3)18-13(4)16(15)17(20)21/h6-10H,5H2,1-4H3,(H,20,21). The molecule has 0 bridgehead atoms. The fourth-order valence-corrected chi connectivity index (χ4v) is 2.62. The van der Waals surface area contributed by atoms with Crippen LogP contribution in [-0.4, -0.2) is 22.6 Å². The maximum atomic E-state index is 11.6. The number of carboxylic acids is 1. The van der Waals surface area contributed by atoms with Gasteiger partial charge in [0, 0.05) is 17.9 Å². The van der Waals surface area contributed by atoms with Gasteiger partial charge in [-0.1, -0.05) is 18.2 Å². The van der Waals surface area contributed by atoms with Crippen LogP contribution in [0.1, 0.15) is 34.2 Å². The molecule has 0 aliphatic heterocycles. The number of hydrogen-bond donors (Lipinski definition) is 1. The van der Waals surface area contributed by atoms with Gasteiger partial charge in [0.2, 0.25) is 0 Å². The number of aromatic nitrogens is 1. The first-order chi connectivity index (χ1) is 9.95. The quantitative estimate of drug-likeness (QED) is 0.926. The van der Waals surface area contributed by atoms with E-state index in [2.05, 4.69) is 4.98 Å². The third kappa shape index (κ3) is 2.89. The number of carbonyl (C=O) groups is 1. The lowest BCUT2D eigenvalue weighted by Gasteiger charge is -2.27.